The highest BCUT2D eigenvalue weighted by Crippen LogP contribution is 2.41. The van der Waals surface area contributed by atoms with Crippen LogP contribution in [0.1, 0.15) is 64.9 Å². The Morgan fingerprint density at radius 1 is 1.05 bits per heavy atom. The highest BCUT2D eigenvalue weighted by Gasteiger charge is 2.29. The number of hydrogen-bond donors (Lipinski definition) is 0. The molecule has 2 atom stereocenters. The van der Waals surface area contributed by atoms with E-state index < -0.39 is 0 Å². The molecule has 1 aliphatic carbocycles. The normalized spacial score (nSPS) is 23.6. The van der Waals surface area contributed by atoms with Crippen LogP contribution in [0.25, 0.3) is 0 Å². The molecule has 0 saturated heterocycles. The Labute approximate surface area is 131 Å². The van der Waals surface area contributed by atoms with Crippen LogP contribution < -0.4 is 0 Å². The Morgan fingerprint density at radius 2 is 1.81 bits per heavy atom. The van der Waals surface area contributed by atoms with Crippen LogP contribution in [0.5, 0.6) is 0 Å². The molecule has 0 heterocycles. The molecule has 1 aromatic carbocycles. The highest BCUT2D eigenvalue weighted by molar-refractivity contribution is 5.17. The van der Waals surface area contributed by atoms with Gasteiger partial charge in [-0.05, 0) is 54.9 Å². The van der Waals surface area contributed by atoms with Gasteiger partial charge in [-0.15, -0.1) is 0 Å². The van der Waals surface area contributed by atoms with Crippen molar-refractivity contribution in [2.24, 2.45) is 17.3 Å². The molecule has 21 heavy (non-hydrogen) atoms. The van der Waals surface area contributed by atoms with Crippen molar-refractivity contribution >= 4 is 0 Å². The predicted molar refractivity (Wildman–Crippen MR) is 93.4 cm³/mol. The summed E-state index contributed by atoms with van der Waals surface area (Å²) in [6.07, 6.45) is 14.3. The molecule has 1 aliphatic rings. The molecule has 116 valence electrons. The maximum atomic E-state index is 2.42. The van der Waals surface area contributed by atoms with Crippen molar-refractivity contribution in [2.75, 3.05) is 0 Å². The van der Waals surface area contributed by atoms with Gasteiger partial charge in [0.25, 0.3) is 0 Å². The third-order valence-electron chi connectivity index (χ3n) is 5.11. The van der Waals surface area contributed by atoms with Gasteiger partial charge in [0.15, 0.2) is 0 Å². The first-order valence-electron chi connectivity index (χ1n) is 8.74. The second-order valence-corrected chi connectivity index (χ2v) is 7.83. The second-order valence-electron chi connectivity index (χ2n) is 7.83. The van der Waals surface area contributed by atoms with Crippen molar-refractivity contribution in [1.82, 2.24) is 0 Å². The number of benzene rings is 1. The summed E-state index contributed by atoms with van der Waals surface area (Å²) < 4.78 is 0. The fourth-order valence-corrected chi connectivity index (χ4v) is 3.62. The molecule has 0 heteroatoms. The summed E-state index contributed by atoms with van der Waals surface area (Å²) in [7, 11) is 0. The second kappa shape index (κ2) is 7.82. The number of hydrogen-bond acceptors (Lipinski definition) is 0. The van der Waals surface area contributed by atoms with E-state index in [0.29, 0.717) is 5.41 Å². The lowest BCUT2D eigenvalue weighted by atomic mass is 9.68. The van der Waals surface area contributed by atoms with Crippen LogP contribution in [0.2, 0.25) is 0 Å². The Morgan fingerprint density at radius 3 is 2.52 bits per heavy atom. The van der Waals surface area contributed by atoms with Crippen molar-refractivity contribution in [2.45, 2.75) is 65.7 Å². The van der Waals surface area contributed by atoms with Gasteiger partial charge in [-0.25, -0.2) is 0 Å². The summed E-state index contributed by atoms with van der Waals surface area (Å²) >= 11 is 0. The van der Waals surface area contributed by atoms with Gasteiger partial charge in [-0.1, -0.05) is 76.1 Å². The van der Waals surface area contributed by atoms with Crippen LogP contribution in [-0.2, 0) is 6.42 Å². The molecule has 0 nitrogen and oxygen atoms in total. The van der Waals surface area contributed by atoms with Crippen LogP contribution in [0.3, 0.4) is 0 Å². The van der Waals surface area contributed by atoms with Gasteiger partial charge in [0.2, 0.25) is 0 Å². The molecule has 1 aromatic rings. The fraction of sp³-hybridized carbons (Fsp3) is 0.619. The molecule has 0 spiro atoms. The smallest absolute Gasteiger partial charge is 0.00975 e. The lowest BCUT2D eigenvalue weighted by Crippen LogP contribution is -2.26. The summed E-state index contributed by atoms with van der Waals surface area (Å²) in [5.74, 6) is 1.90. The van der Waals surface area contributed by atoms with E-state index in [2.05, 4.69) is 63.3 Å². The third kappa shape index (κ3) is 5.69. The lowest BCUT2D eigenvalue weighted by Gasteiger charge is -2.37. The largest absolute Gasteiger partial charge is 0.0882 e. The van der Waals surface area contributed by atoms with E-state index in [1.165, 1.54) is 44.1 Å². The van der Waals surface area contributed by atoms with E-state index in [1.54, 1.807) is 0 Å². The van der Waals surface area contributed by atoms with Crippen LogP contribution in [-0.4, -0.2) is 0 Å². The molecule has 2 unspecified atom stereocenters. The van der Waals surface area contributed by atoms with Gasteiger partial charge in [0.1, 0.15) is 0 Å². The Kier molecular flexibility index (Phi) is 6.08. The zero-order chi connectivity index (χ0) is 15.1. The topological polar surface area (TPSA) is 0 Å². The summed E-state index contributed by atoms with van der Waals surface area (Å²) in [6.45, 7) is 7.25. The van der Waals surface area contributed by atoms with Gasteiger partial charge in [0.05, 0.1) is 0 Å². The van der Waals surface area contributed by atoms with Crippen LogP contribution >= 0.6 is 0 Å². The molecule has 0 aromatic heterocycles. The van der Waals surface area contributed by atoms with Gasteiger partial charge >= 0.3 is 0 Å². The molecular formula is C21H32. The van der Waals surface area contributed by atoms with Gasteiger partial charge in [-0.2, -0.15) is 0 Å². The molecular weight excluding hydrogens is 252 g/mol. The Hall–Kier alpha value is -1.04. The standard InChI is InChI=1S/C21H32/c1-21(2,3)20-16-10-15-19(17-20)14-9-5-8-13-18-11-6-4-7-12-18/h4-8,11-12,19-20H,9-10,13-17H2,1-3H3/b8-5+. The zero-order valence-electron chi connectivity index (χ0n) is 14.1. The summed E-state index contributed by atoms with van der Waals surface area (Å²) in [5, 5.41) is 0. The van der Waals surface area contributed by atoms with Crippen LogP contribution in [0.15, 0.2) is 42.5 Å². The molecule has 0 N–H and O–H groups in total. The monoisotopic (exact) mass is 284 g/mol. The predicted octanol–water partition coefficient (Wildman–Crippen LogP) is 6.42. The average Bonchev–Trinajstić information content (AvgIpc) is 2.47. The van der Waals surface area contributed by atoms with E-state index in [9.17, 15) is 0 Å². The van der Waals surface area contributed by atoms with Gasteiger partial charge in [0, 0.05) is 0 Å². The van der Waals surface area contributed by atoms with Crippen molar-refractivity contribution in [3.63, 3.8) is 0 Å². The van der Waals surface area contributed by atoms with Gasteiger partial charge in [-0.3, -0.25) is 0 Å². The molecule has 0 amide bonds. The maximum Gasteiger partial charge on any atom is -0.00975 e. The van der Waals surface area contributed by atoms with Gasteiger partial charge < -0.3 is 0 Å². The number of allylic oxidation sites excluding steroid dienone is 2. The molecule has 1 saturated carbocycles. The molecule has 1 fully saturated rings. The highest BCUT2D eigenvalue weighted by atomic mass is 14.3. The molecule has 0 aliphatic heterocycles. The SMILES string of the molecule is CC(C)(C)C1CCCC(CC/C=C/Cc2ccccc2)C1. The Bertz CT molecular complexity index is 421. The first-order valence-corrected chi connectivity index (χ1v) is 8.74. The van der Waals surface area contributed by atoms with E-state index >= 15 is 0 Å². The quantitative estimate of drug-likeness (QED) is 0.547. The Balaban J connectivity index is 1.68. The molecule has 0 bridgehead atoms. The zero-order valence-corrected chi connectivity index (χ0v) is 14.1. The first-order chi connectivity index (χ1) is 10.1. The average molecular weight is 284 g/mol. The minimum atomic E-state index is 0.502. The van der Waals surface area contributed by atoms with Crippen molar-refractivity contribution in [1.29, 1.82) is 0 Å². The van der Waals surface area contributed by atoms with E-state index in [-0.39, 0.29) is 0 Å². The fourth-order valence-electron chi connectivity index (χ4n) is 3.62. The minimum absolute atomic E-state index is 0.502. The molecule has 0 radical (unpaired) electrons. The van der Waals surface area contributed by atoms with Crippen LogP contribution in [0, 0.1) is 17.3 Å². The summed E-state index contributed by atoms with van der Waals surface area (Å²) in [6, 6.07) is 10.7. The maximum absolute atomic E-state index is 2.42. The summed E-state index contributed by atoms with van der Waals surface area (Å²) in [4.78, 5) is 0. The first kappa shape index (κ1) is 16.3. The van der Waals surface area contributed by atoms with E-state index in [0.717, 1.165) is 18.3 Å². The lowest BCUT2D eigenvalue weighted by molar-refractivity contribution is 0.138. The van der Waals surface area contributed by atoms with Crippen LogP contribution in [0.4, 0.5) is 0 Å². The third-order valence-corrected chi connectivity index (χ3v) is 5.11. The van der Waals surface area contributed by atoms with E-state index in [1.807, 2.05) is 0 Å². The van der Waals surface area contributed by atoms with Crippen molar-refractivity contribution < 1.29 is 0 Å². The number of rotatable bonds is 5. The van der Waals surface area contributed by atoms with Crippen molar-refractivity contribution in [3.8, 4) is 0 Å². The van der Waals surface area contributed by atoms with Crippen molar-refractivity contribution in [3.05, 3.63) is 48.0 Å². The van der Waals surface area contributed by atoms with E-state index in [4.69, 9.17) is 0 Å². The summed E-state index contributed by atoms with van der Waals surface area (Å²) in [5.41, 5.74) is 1.92. The minimum Gasteiger partial charge on any atom is -0.0882 e. The molecule has 2 rings (SSSR count).